The SMILES string of the molecule is Cc1ccc(N2C(=O)C(=O)C(=C(O)c3ccc(C(C)C)cc3)C2c2ccc(-c3nn[nH]n3)cc2)nn1. The van der Waals surface area contributed by atoms with Crippen molar-refractivity contribution in [1.29, 1.82) is 0 Å². The first-order valence-electron chi connectivity index (χ1n) is 11.4. The topological polar surface area (TPSA) is 138 Å². The number of H-pyrrole nitrogens is 1. The number of Topliss-reactive ketones (excluding diaryl/α,β-unsaturated/α-hetero) is 1. The Kier molecular flexibility index (Phi) is 5.85. The van der Waals surface area contributed by atoms with Crippen LogP contribution in [0, 0.1) is 6.92 Å². The van der Waals surface area contributed by atoms with Crippen LogP contribution in [0.1, 0.15) is 48.2 Å². The predicted molar refractivity (Wildman–Crippen MR) is 132 cm³/mol. The highest BCUT2D eigenvalue weighted by Gasteiger charge is 2.47. The number of aliphatic hydroxyl groups excluding tert-OH is 1. The Morgan fingerprint density at radius 3 is 2.25 bits per heavy atom. The summed E-state index contributed by atoms with van der Waals surface area (Å²) < 4.78 is 0. The highest BCUT2D eigenvalue weighted by Crippen LogP contribution is 2.41. The molecule has 1 aliphatic heterocycles. The number of anilines is 1. The fraction of sp³-hybridized carbons (Fsp3) is 0.192. The number of hydrogen-bond donors (Lipinski definition) is 2. The minimum Gasteiger partial charge on any atom is -0.507 e. The predicted octanol–water partition coefficient (Wildman–Crippen LogP) is 3.71. The average molecular weight is 482 g/mol. The van der Waals surface area contributed by atoms with Gasteiger partial charge in [0.1, 0.15) is 5.76 Å². The van der Waals surface area contributed by atoms with Gasteiger partial charge >= 0.3 is 5.91 Å². The quantitative estimate of drug-likeness (QED) is 0.250. The van der Waals surface area contributed by atoms with Crippen molar-refractivity contribution < 1.29 is 14.7 Å². The molecular weight excluding hydrogens is 458 g/mol. The summed E-state index contributed by atoms with van der Waals surface area (Å²) in [5.41, 5.74) is 3.48. The van der Waals surface area contributed by atoms with E-state index in [0.29, 0.717) is 34.1 Å². The molecule has 10 heteroatoms. The molecule has 1 amide bonds. The van der Waals surface area contributed by atoms with Crippen molar-refractivity contribution >= 4 is 23.3 Å². The number of tetrazole rings is 1. The highest BCUT2D eigenvalue weighted by molar-refractivity contribution is 6.51. The lowest BCUT2D eigenvalue weighted by Crippen LogP contribution is -2.30. The summed E-state index contributed by atoms with van der Waals surface area (Å²) in [5, 5.41) is 33.4. The third kappa shape index (κ3) is 4.02. The van der Waals surface area contributed by atoms with Crippen LogP contribution in [0.5, 0.6) is 0 Å². The van der Waals surface area contributed by atoms with Crippen LogP contribution in [0.15, 0.2) is 66.2 Å². The second-order valence-corrected chi connectivity index (χ2v) is 8.84. The molecule has 2 N–H and O–H groups in total. The molecule has 4 aromatic rings. The van der Waals surface area contributed by atoms with E-state index in [1.54, 1.807) is 55.5 Å². The van der Waals surface area contributed by atoms with Gasteiger partial charge in [0.25, 0.3) is 5.78 Å². The molecule has 1 atom stereocenters. The molecule has 1 fully saturated rings. The van der Waals surface area contributed by atoms with Crippen LogP contribution in [-0.2, 0) is 9.59 Å². The third-order valence-electron chi connectivity index (χ3n) is 6.16. The van der Waals surface area contributed by atoms with E-state index in [-0.39, 0.29) is 17.2 Å². The fourth-order valence-corrected chi connectivity index (χ4v) is 4.18. The maximum Gasteiger partial charge on any atom is 0.301 e. The van der Waals surface area contributed by atoms with E-state index < -0.39 is 17.7 Å². The number of aliphatic hydroxyl groups is 1. The third-order valence-corrected chi connectivity index (χ3v) is 6.16. The van der Waals surface area contributed by atoms with Gasteiger partial charge in [0, 0.05) is 11.1 Å². The van der Waals surface area contributed by atoms with Crippen molar-refractivity contribution in [2.24, 2.45) is 0 Å². The first-order valence-corrected chi connectivity index (χ1v) is 11.4. The lowest BCUT2D eigenvalue weighted by Gasteiger charge is -2.24. The summed E-state index contributed by atoms with van der Waals surface area (Å²) in [6, 6.07) is 16.8. The molecular formula is C26H23N7O3. The van der Waals surface area contributed by atoms with Crippen LogP contribution in [0.2, 0.25) is 0 Å². The zero-order chi connectivity index (χ0) is 25.4. The number of ketones is 1. The Hall–Kier alpha value is -4.73. The smallest absolute Gasteiger partial charge is 0.301 e. The second-order valence-electron chi connectivity index (χ2n) is 8.84. The van der Waals surface area contributed by atoms with Gasteiger partial charge in [0.2, 0.25) is 5.82 Å². The monoisotopic (exact) mass is 481 g/mol. The Bertz CT molecular complexity index is 1440. The van der Waals surface area contributed by atoms with Crippen molar-refractivity contribution in [3.05, 3.63) is 88.6 Å². The summed E-state index contributed by atoms with van der Waals surface area (Å²) in [4.78, 5) is 27.8. The maximum atomic E-state index is 13.3. The van der Waals surface area contributed by atoms with Gasteiger partial charge in [0.15, 0.2) is 5.82 Å². The zero-order valence-corrected chi connectivity index (χ0v) is 19.9. The molecule has 1 saturated heterocycles. The van der Waals surface area contributed by atoms with Gasteiger partial charge in [-0.3, -0.25) is 14.5 Å². The summed E-state index contributed by atoms with van der Waals surface area (Å²) in [6.07, 6.45) is 0. The summed E-state index contributed by atoms with van der Waals surface area (Å²) in [5.74, 6) is -0.909. The molecule has 10 nitrogen and oxygen atoms in total. The van der Waals surface area contributed by atoms with Crippen molar-refractivity contribution in [2.75, 3.05) is 4.90 Å². The van der Waals surface area contributed by atoms with Gasteiger partial charge < -0.3 is 5.11 Å². The summed E-state index contributed by atoms with van der Waals surface area (Å²) >= 11 is 0. The average Bonchev–Trinajstić information content (AvgIpc) is 3.52. The van der Waals surface area contributed by atoms with E-state index >= 15 is 0 Å². The largest absolute Gasteiger partial charge is 0.507 e. The molecule has 180 valence electrons. The van der Waals surface area contributed by atoms with Crippen LogP contribution in [0.4, 0.5) is 5.82 Å². The van der Waals surface area contributed by atoms with Crippen molar-refractivity contribution in [2.45, 2.75) is 32.7 Å². The molecule has 1 unspecified atom stereocenters. The van der Waals surface area contributed by atoms with Crippen LogP contribution in [0.3, 0.4) is 0 Å². The molecule has 2 aromatic heterocycles. The zero-order valence-electron chi connectivity index (χ0n) is 19.9. The summed E-state index contributed by atoms with van der Waals surface area (Å²) in [6.45, 7) is 5.92. The van der Waals surface area contributed by atoms with E-state index in [4.69, 9.17) is 0 Å². The van der Waals surface area contributed by atoms with Crippen LogP contribution in [0.25, 0.3) is 17.1 Å². The number of nitrogens with one attached hydrogen (secondary N) is 1. The number of nitrogens with zero attached hydrogens (tertiary/aromatic N) is 6. The second kappa shape index (κ2) is 9.14. The molecule has 0 bridgehead atoms. The Morgan fingerprint density at radius 1 is 0.944 bits per heavy atom. The van der Waals surface area contributed by atoms with Gasteiger partial charge in [-0.25, -0.2) is 0 Å². The molecule has 5 rings (SSSR count). The van der Waals surface area contributed by atoms with Gasteiger partial charge in [-0.2, -0.15) is 10.3 Å². The molecule has 1 aliphatic rings. The number of benzene rings is 2. The number of aromatic amines is 1. The minimum atomic E-state index is -0.911. The Morgan fingerprint density at radius 2 is 1.67 bits per heavy atom. The number of rotatable bonds is 5. The number of amides is 1. The van der Waals surface area contributed by atoms with Crippen LogP contribution < -0.4 is 4.90 Å². The lowest BCUT2D eigenvalue weighted by molar-refractivity contribution is -0.132. The standard InChI is InChI=1S/C26H23N7O3/c1-14(2)16-5-9-18(10-6-16)23(34)21-22(17-7-11-19(12-8-17)25-29-31-32-30-25)33(26(36)24(21)35)20-13-4-15(3)27-28-20/h4-14,22,34H,1-3H3,(H,29,30,31,32). The van der Waals surface area contributed by atoms with E-state index in [9.17, 15) is 14.7 Å². The maximum absolute atomic E-state index is 13.3. The molecule has 3 heterocycles. The fourth-order valence-electron chi connectivity index (χ4n) is 4.18. The normalized spacial score (nSPS) is 17.2. The first kappa shape index (κ1) is 23.0. The molecule has 2 aromatic carbocycles. The molecule has 0 radical (unpaired) electrons. The van der Waals surface area contributed by atoms with Crippen molar-refractivity contribution in [3.63, 3.8) is 0 Å². The number of carbonyl (C=O) groups excluding carboxylic acids is 2. The molecule has 0 spiro atoms. The van der Waals surface area contributed by atoms with Gasteiger partial charge in [-0.05, 0) is 41.3 Å². The highest BCUT2D eigenvalue weighted by atomic mass is 16.3. The van der Waals surface area contributed by atoms with Gasteiger partial charge in [-0.15, -0.1) is 15.3 Å². The Labute approximate surface area is 206 Å². The van der Waals surface area contributed by atoms with E-state index in [2.05, 4.69) is 44.7 Å². The number of aromatic nitrogens is 6. The number of hydrogen-bond acceptors (Lipinski definition) is 8. The molecule has 0 aliphatic carbocycles. The van der Waals surface area contributed by atoms with E-state index in [0.717, 1.165) is 5.56 Å². The van der Waals surface area contributed by atoms with E-state index in [1.807, 2.05) is 12.1 Å². The number of carbonyl (C=O) groups is 2. The number of aryl methyl sites for hydroxylation is 1. The minimum absolute atomic E-state index is 0.0213. The van der Waals surface area contributed by atoms with Gasteiger partial charge in [-0.1, -0.05) is 62.4 Å². The van der Waals surface area contributed by atoms with Crippen LogP contribution in [-0.4, -0.2) is 47.6 Å². The van der Waals surface area contributed by atoms with Gasteiger partial charge in [0.05, 0.1) is 17.3 Å². The van der Waals surface area contributed by atoms with E-state index in [1.165, 1.54) is 4.90 Å². The Balaban J connectivity index is 1.65. The van der Waals surface area contributed by atoms with Crippen molar-refractivity contribution in [1.82, 2.24) is 30.8 Å². The molecule has 0 saturated carbocycles. The van der Waals surface area contributed by atoms with Crippen LogP contribution >= 0.6 is 0 Å². The molecule has 36 heavy (non-hydrogen) atoms. The van der Waals surface area contributed by atoms with Crippen molar-refractivity contribution in [3.8, 4) is 11.4 Å². The first-order chi connectivity index (χ1) is 17.3. The summed E-state index contributed by atoms with van der Waals surface area (Å²) in [7, 11) is 0. The lowest BCUT2D eigenvalue weighted by atomic mass is 9.93.